The Hall–Kier alpha value is -2.19. The number of nitrogens with zero attached hydrogens (tertiary/aromatic N) is 3. The average molecular weight is 415 g/mol. The third-order valence-corrected chi connectivity index (χ3v) is 5.41. The van der Waals surface area contributed by atoms with E-state index in [1.165, 1.54) is 19.0 Å². The molecule has 3 rings (SSSR count). The largest absolute Gasteiger partial charge is 0.495 e. The van der Waals surface area contributed by atoms with Gasteiger partial charge in [-0.3, -0.25) is 9.67 Å². The van der Waals surface area contributed by atoms with Gasteiger partial charge < -0.3 is 14.0 Å². The lowest BCUT2D eigenvalue weighted by Crippen LogP contribution is -2.41. The topological polar surface area (TPSA) is 75.5 Å². The zero-order chi connectivity index (χ0) is 22.5. The third-order valence-electron chi connectivity index (χ3n) is 5.41. The Kier molecular flexibility index (Phi) is 7.83. The van der Waals surface area contributed by atoms with E-state index in [-0.39, 0.29) is 6.61 Å². The molecule has 1 aliphatic heterocycles. The van der Waals surface area contributed by atoms with Crippen molar-refractivity contribution < 1.29 is 18.8 Å². The first-order chi connectivity index (χ1) is 14.1. The van der Waals surface area contributed by atoms with Gasteiger partial charge in [0, 0.05) is 24.9 Å². The monoisotopic (exact) mass is 415 g/mol. The van der Waals surface area contributed by atoms with Gasteiger partial charge in [0.2, 0.25) is 0 Å². The standard InChI is InChI=1S/C18H24BN3O4.C4H10/c1-7-24-16(23)12-11-20-15(14-8-9-22(6)21-14)10-13(12)19-25-17(2,3)18(4,5)26-19;1-3-4-2/h8-11H,7H2,1-6H3;3-4H2,1-2H3. The number of unbranched alkanes of at least 4 members (excludes halogenated alkanes) is 1. The van der Waals surface area contributed by atoms with Gasteiger partial charge in [0.15, 0.2) is 0 Å². The van der Waals surface area contributed by atoms with Gasteiger partial charge in [0.1, 0.15) is 5.69 Å². The maximum absolute atomic E-state index is 12.4. The zero-order valence-electron chi connectivity index (χ0n) is 19.5. The van der Waals surface area contributed by atoms with E-state index in [1.807, 2.05) is 47.0 Å². The van der Waals surface area contributed by atoms with Gasteiger partial charge in [-0.25, -0.2) is 4.79 Å². The number of esters is 1. The Bertz CT molecular complexity index is 846. The van der Waals surface area contributed by atoms with Crippen molar-refractivity contribution in [1.29, 1.82) is 0 Å². The molecule has 1 aliphatic rings. The van der Waals surface area contributed by atoms with E-state index in [2.05, 4.69) is 23.9 Å². The molecule has 2 aromatic heterocycles. The summed E-state index contributed by atoms with van der Waals surface area (Å²) in [6.45, 7) is 14.3. The molecule has 1 saturated heterocycles. The lowest BCUT2D eigenvalue weighted by atomic mass is 9.76. The highest BCUT2D eigenvalue weighted by Crippen LogP contribution is 2.37. The molecule has 0 unspecified atom stereocenters. The summed E-state index contributed by atoms with van der Waals surface area (Å²) in [5.41, 5.74) is 1.25. The van der Waals surface area contributed by atoms with Crippen LogP contribution in [0.3, 0.4) is 0 Å². The maximum atomic E-state index is 12.4. The van der Waals surface area contributed by atoms with E-state index in [1.54, 1.807) is 17.7 Å². The van der Waals surface area contributed by atoms with Crippen LogP contribution in [-0.4, -0.2) is 45.7 Å². The molecule has 2 aromatic rings. The van der Waals surface area contributed by atoms with E-state index >= 15 is 0 Å². The van der Waals surface area contributed by atoms with Crippen LogP contribution in [0.2, 0.25) is 0 Å². The predicted molar refractivity (Wildman–Crippen MR) is 119 cm³/mol. The fourth-order valence-electron chi connectivity index (χ4n) is 2.71. The molecule has 8 heteroatoms. The fourth-order valence-corrected chi connectivity index (χ4v) is 2.71. The number of carbonyl (C=O) groups excluding carboxylic acids is 1. The molecule has 0 amide bonds. The van der Waals surface area contributed by atoms with E-state index in [9.17, 15) is 4.79 Å². The molecule has 30 heavy (non-hydrogen) atoms. The normalized spacial score (nSPS) is 16.7. The van der Waals surface area contributed by atoms with Crippen molar-refractivity contribution >= 4 is 18.6 Å². The van der Waals surface area contributed by atoms with Crippen LogP contribution in [0.25, 0.3) is 11.4 Å². The first-order valence-corrected chi connectivity index (χ1v) is 10.6. The van der Waals surface area contributed by atoms with Crippen molar-refractivity contribution in [2.75, 3.05) is 6.61 Å². The van der Waals surface area contributed by atoms with Crippen molar-refractivity contribution in [3.05, 3.63) is 30.1 Å². The highest BCUT2D eigenvalue weighted by Gasteiger charge is 2.52. The molecule has 0 atom stereocenters. The first-order valence-electron chi connectivity index (χ1n) is 10.6. The van der Waals surface area contributed by atoms with Crippen molar-refractivity contribution in [2.24, 2.45) is 7.05 Å². The summed E-state index contributed by atoms with van der Waals surface area (Å²) in [6, 6.07) is 3.65. The summed E-state index contributed by atoms with van der Waals surface area (Å²) in [5.74, 6) is -0.447. The molecule has 1 fully saturated rings. The summed E-state index contributed by atoms with van der Waals surface area (Å²) < 4.78 is 19.1. The average Bonchev–Trinajstić information content (AvgIpc) is 3.21. The van der Waals surface area contributed by atoms with Gasteiger partial charge in [0.25, 0.3) is 0 Å². The number of carbonyl (C=O) groups is 1. The van der Waals surface area contributed by atoms with Crippen LogP contribution in [0.15, 0.2) is 24.5 Å². The second-order valence-electron chi connectivity index (χ2n) is 8.34. The van der Waals surface area contributed by atoms with E-state index in [0.717, 1.165) is 0 Å². The van der Waals surface area contributed by atoms with Crippen LogP contribution in [0.1, 0.15) is 71.7 Å². The van der Waals surface area contributed by atoms with Crippen LogP contribution < -0.4 is 5.46 Å². The summed E-state index contributed by atoms with van der Waals surface area (Å²) >= 11 is 0. The Morgan fingerprint density at radius 2 is 1.70 bits per heavy atom. The number of aromatic nitrogens is 3. The van der Waals surface area contributed by atoms with Gasteiger partial charge in [0.05, 0.1) is 29.1 Å². The fraction of sp³-hybridized carbons (Fsp3) is 0.591. The van der Waals surface area contributed by atoms with Gasteiger partial charge in [-0.05, 0) is 46.8 Å². The molecular formula is C22H34BN3O4. The highest BCUT2D eigenvalue weighted by molar-refractivity contribution is 6.63. The number of hydrogen-bond acceptors (Lipinski definition) is 6. The zero-order valence-corrected chi connectivity index (χ0v) is 19.5. The smallest absolute Gasteiger partial charge is 0.462 e. The molecule has 0 N–H and O–H groups in total. The molecule has 0 spiro atoms. The minimum Gasteiger partial charge on any atom is -0.462 e. The Labute approximate surface area is 180 Å². The number of aryl methyl sites for hydroxylation is 1. The van der Waals surface area contributed by atoms with Crippen molar-refractivity contribution in [3.8, 4) is 11.4 Å². The quantitative estimate of drug-likeness (QED) is 0.547. The second kappa shape index (κ2) is 9.75. The maximum Gasteiger partial charge on any atom is 0.495 e. The first kappa shape index (κ1) is 24.1. The Morgan fingerprint density at radius 3 is 2.17 bits per heavy atom. The predicted octanol–water partition coefficient (Wildman–Crippen LogP) is 3.76. The minimum atomic E-state index is -0.690. The lowest BCUT2D eigenvalue weighted by molar-refractivity contribution is 0.00578. The van der Waals surface area contributed by atoms with E-state index in [4.69, 9.17) is 14.0 Å². The summed E-state index contributed by atoms with van der Waals surface area (Å²) in [6.07, 6.45) is 5.98. The van der Waals surface area contributed by atoms with Crippen LogP contribution in [0.4, 0.5) is 0 Å². The highest BCUT2D eigenvalue weighted by atomic mass is 16.7. The molecule has 0 bridgehead atoms. The summed E-state index contributed by atoms with van der Waals surface area (Å²) in [7, 11) is 1.15. The van der Waals surface area contributed by atoms with Crippen molar-refractivity contribution in [1.82, 2.24) is 14.8 Å². The molecule has 0 radical (unpaired) electrons. The van der Waals surface area contributed by atoms with Gasteiger partial charge in [-0.1, -0.05) is 26.7 Å². The lowest BCUT2D eigenvalue weighted by Gasteiger charge is -2.32. The van der Waals surface area contributed by atoms with Crippen molar-refractivity contribution in [2.45, 2.75) is 72.5 Å². The number of pyridine rings is 1. The van der Waals surface area contributed by atoms with E-state index in [0.29, 0.717) is 22.4 Å². The van der Waals surface area contributed by atoms with Crippen LogP contribution in [-0.2, 0) is 21.1 Å². The number of hydrogen-bond donors (Lipinski definition) is 0. The molecule has 164 valence electrons. The second-order valence-corrected chi connectivity index (χ2v) is 8.34. The van der Waals surface area contributed by atoms with E-state index < -0.39 is 24.3 Å². The Morgan fingerprint density at radius 1 is 1.10 bits per heavy atom. The summed E-state index contributed by atoms with van der Waals surface area (Å²) in [4.78, 5) is 16.8. The van der Waals surface area contributed by atoms with Gasteiger partial charge in [-0.2, -0.15) is 5.10 Å². The van der Waals surface area contributed by atoms with Crippen LogP contribution >= 0.6 is 0 Å². The Balaban J connectivity index is 0.000000735. The van der Waals surface area contributed by atoms with Crippen LogP contribution in [0, 0.1) is 0 Å². The molecule has 0 saturated carbocycles. The minimum absolute atomic E-state index is 0.281. The molecular weight excluding hydrogens is 381 g/mol. The third kappa shape index (κ3) is 5.29. The molecule has 3 heterocycles. The summed E-state index contributed by atoms with van der Waals surface area (Å²) in [5, 5.41) is 4.37. The van der Waals surface area contributed by atoms with Gasteiger partial charge in [-0.15, -0.1) is 0 Å². The molecule has 0 aromatic carbocycles. The number of ether oxygens (including phenoxy) is 1. The number of rotatable bonds is 5. The molecule has 7 nitrogen and oxygen atoms in total. The van der Waals surface area contributed by atoms with Gasteiger partial charge >= 0.3 is 13.1 Å². The van der Waals surface area contributed by atoms with Crippen molar-refractivity contribution in [3.63, 3.8) is 0 Å². The SMILES string of the molecule is CCCC.CCOC(=O)c1cnc(-c2ccn(C)n2)cc1B1OC(C)(C)C(C)(C)O1. The molecule has 0 aliphatic carbocycles. The van der Waals surface area contributed by atoms with Crippen LogP contribution in [0.5, 0.6) is 0 Å².